The Kier molecular flexibility index (Phi) is 4.32. The van der Waals surface area contributed by atoms with Crippen LogP contribution in [0.25, 0.3) is 0 Å². The van der Waals surface area contributed by atoms with Crippen LogP contribution in [0, 0.1) is 5.92 Å². The molecular weight excluding hydrogens is 232 g/mol. The van der Waals surface area contributed by atoms with Gasteiger partial charge in [-0.05, 0) is 5.92 Å². The van der Waals surface area contributed by atoms with Crippen molar-refractivity contribution in [1.29, 1.82) is 0 Å². The predicted molar refractivity (Wildman–Crippen MR) is 59.7 cm³/mol. The van der Waals surface area contributed by atoms with Gasteiger partial charge in [0.1, 0.15) is 16.4 Å². The lowest BCUT2D eigenvalue weighted by Gasteiger charge is -2.05. The molecule has 1 rings (SSSR count). The third kappa shape index (κ3) is 2.74. The summed E-state index contributed by atoms with van der Waals surface area (Å²) in [5, 5.41) is 13.3. The second-order valence-electron chi connectivity index (χ2n) is 3.93. The zero-order chi connectivity index (χ0) is 12.3. The Morgan fingerprint density at radius 1 is 1.62 bits per heavy atom. The first-order chi connectivity index (χ1) is 7.47. The van der Waals surface area contributed by atoms with E-state index in [9.17, 15) is 4.79 Å². The van der Waals surface area contributed by atoms with Gasteiger partial charge in [-0.25, -0.2) is 4.79 Å². The summed E-state index contributed by atoms with van der Waals surface area (Å²) in [5.74, 6) is -0.735. The Morgan fingerprint density at radius 3 is 2.69 bits per heavy atom. The molecule has 0 atom stereocenters. The van der Waals surface area contributed by atoms with Crippen molar-refractivity contribution in [2.75, 3.05) is 7.11 Å². The van der Waals surface area contributed by atoms with E-state index in [-0.39, 0.29) is 17.3 Å². The van der Waals surface area contributed by atoms with Crippen molar-refractivity contribution in [2.45, 2.75) is 27.0 Å². The number of methoxy groups -OCH3 is 1. The summed E-state index contributed by atoms with van der Waals surface area (Å²) >= 11 is 5.97. The summed E-state index contributed by atoms with van der Waals surface area (Å²) in [6.07, 6.45) is 0. The topological polar surface area (TPSA) is 64.4 Å². The van der Waals surface area contributed by atoms with Crippen LogP contribution in [0.15, 0.2) is 0 Å². The minimum atomic E-state index is -1.08. The van der Waals surface area contributed by atoms with Gasteiger partial charge in [0.25, 0.3) is 0 Å². The molecule has 0 saturated carbocycles. The lowest BCUT2D eigenvalue weighted by molar-refractivity contribution is 0.0692. The number of hydrogen-bond acceptors (Lipinski definition) is 3. The van der Waals surface area contributed by atoms with E-state index < -0.39 is 5.97 Å². The quantitative estimate of drug-likeness (QED) is 0.864. The van der Waals surface area contributed by atoms with Crippen molar-refractivity contribution in [3.8, 4) is 0 Å². The molecule has 0 spiro atoms. The van der Waals surface area contributed by atoms with E-state index in [0.29, 0.717) is 18.2 Å². The van der Waals surface area contributed by atoms with Gasteiger partial charge >= 0.3 is 5.97 Å². The predicted octanol–water partition coefficient (Wildman–Crippen LogP) is 2.04. The van der Waals surface area contributed by atoms with Gasteiger partial charge in [0.05, 0.1) is 6.61 Å². The number of carboxylic acid groups (broad SMARTS) is 1. The van der Waals surface area contributed by atoms with Crippen LogP contribution in [0.5, 0.6) is 0 Å². The molecule has 1 aromatic rings. The van der Waals surface area contributed by atoms with Crippen molar-refractivity contribution < 1.29 is 14.6 Å². The molecule has 6 heteroatoms. The Balaban J connectivity index is 3.13. The lowest BCUT2D eigenvalue weighted by Crippen LogP contribution is -2.06. The normalized spacial score (nSPS) is 11.1. The summed E-state index contributed by atoms with van der Waals surface area (Å²) in [6, 6.07) is 0. The van der Waals surface area contributed by atoms with Crippen LogP contribution in [0.3, 0.4) is 0 Å². The van der Waals surface area contributed by atoms with Crippen molar-refractivity contribution >= 4 is 17.6 Å². The van der Waals surface area contributed by atoms with Crippen LogP contribution < -0.4 is 0 Å². The largest absolute Gasteiger partial charge is 0.478 e. The monoisotopic (exact) mass is 246 g/mol. The maximum atomic E-state index is 11.0. The first-order valence-corrected chi connectivity index (χ1v) is 5.32. The lowest BCUT2D eigenvalue weighted by atomic mass is 10.2. The summed E-state index contributed by atoms with van der Waals surface area (Å²) in [7, 11) is 1.49. The fourth-order valence-corrected chi connectivity index (χ4v) is 1.70. The summed E-state index contributed by atoms with van der Waals surface area (Å²) in [6.45, 7) is 4.75. The van der Waals surface area contributed by atoms with Gasteiger partial charge in [0, 0.05) is 13.7 Å². The van der Waals surface area contributed by atoms with Gasteiger partial charge in [0.15, 0.2) is 0 Å². The van der Waals surface area contributed by atoms with Gasteiger partial charge in [-0.3, -0.25) is 4.68 Å². The van der Waals surface area contributed by atoms with Crippen molar-refractivity contribution in [3.05, 3.63) is 16.4 Å². The van der Waals surface area contributed by atoms with E-state index in [1.807, 2.05) is 13.8 Å². The number of aromatic nitrogens is 2. The Hall–Kier alpha value is -1.07. The average molecular weight is 247 g/mol. The van der Waals surface area contributed by atoms with Crippen LogP contribution in [-0.2, 0) is 17.9 Å². The number of hydrogen-bond donors (Lipinski definition) is 1. The minimum absolute atomic E-state index is 0.0316. The summed E-state index contributed by atoms with van der Waals surface area (Å²) < 4.78 is 6.40. The first-order valence-electron chi connectivity index (χ1n) is 4.94. The fourth-order valence-electron chi connectivity index (χ4n) is 1.40. The van der Waals surface area contributed by atoms with Gasteiger partial charge in [-0.2, -0.15) is 5.10 Å². The van der Waals surface area contributed by atoms with Crippen LogP contribution in [0.2, 0.25) is 5.15 Å². The molecule has 0 aliphatic rings. The molecule has 0 amide bonds. The number of rotatable bonds is 5. The molecule has 0 fully saturated rings. The molecule has 0 aromatic carbocycles. The second kappa shape index (κ2) is 5.32. The maximum Gasteiger partial charge on any atom is 0.340 e. The van der Waals surface area contributed by atoms with Crippen LogP contribution in [0.1, 0.15) is 29.9 Å². The fraction of sp³-hybridized carbons (Fsp3) is 0.600. The van der Waals surface area contributed by atoms with Gasteiger partial charge in [-0.1, -0.05) is 25.4 Å². The first kappa shape index (κ1) is 13.0. The molecule has 0 unspecified atom stereocenters. The van der Waals surface area contributed by atoms with Crippen LogP contribution in [0.4, 0.5) is 0 Å². The zero-order valence-corrected chi connectivity index (χ0v) is 10.3. The number of aromatic carboxylic acids is 1. The van der Waals surface area contributed by atoms with Crippen molar-refractivity contribution in [2.24, 2.45) is 5.92 Å². The average Bonchev–Trinajstić information content (AvgIpc) is 2.43. The molecule has 0 aliphatic carbocycles. The Labute approximate surface area is 99.0 Å². The number of ether oxygens (including phenoxy) is 1. The minimum Gasteiger partial charge on any atom is -0.478 e. The van der Waals surface area contributed by atoms with Crippen molar-refractivity contribution in [1.82, 2.24) is 9.78 Å². The molecule has 0 radical (unpaired) electrons. The maximum absolute atomic E-state index is 11.0. The summed E-state index contributed by atoms with van der Waals surface area (Å²) in [4.78, 5) is 11.0. The second-order valence-corrected chi connectivity index (χ2v) is 4.28. The zero-order valence-electron chi connectivity index (χ0n) is 9.53. The Morgan fingerprint density at radius 2 is 2.25 bits per heavy atom. The number of nitrogens with zero attached hydrogens (tertiary/aromatic N) is 2. The van der Waals surface area contributed by atoms with Gasteiger partial charge < -0.3 is 9.84 Å². The highest BCUT2D eigenvalue weighted by Crippen LogP contribution is 2.21. The SMILES string of the molecule is COCc1nn(CC(C)C)c(Cl)c1C(=O)O. The molecule has 0 bridgehead atoms. The van der Waals surface area contributed by atoms with E-state index >= 15 is 0 Å². The molecule has 1 N–H and O–H groups in total. The van der Waals surface area contributed by atoms with E-state index in [2.05, 4.69) is 5.10 Å². The Bertz CT molecular complexity index is 388. The van der Waals surface area contributed by atoms with E-state index in [1.165, 1.54) is 11.8 Å². The third-order valence-electron chi connectivity index (χ3n) is 2.00. The van der Waals surface area contributed by atoms with E-state index in [1.54, 1.807) is 0 Å². The van der Waals surface area contributed by atoms with Gasteiger partial charge in [-0.15, -0.1) is 0 Å². The number of halogens is 1. The highest BCUT2D eigenvalue weighted by molar-refractivity contribution is 6.32. The molecule has 90 valence electrons. The number of carboxylic acids is 1. The molecule has 16 heavy (non-hydrogen) atoms. The number of carbonyl (C=O) groups is 1. The third-order valence-corrected chi connectivity index (χ3v) is 2.38. The van der Waals surface area contributed by atoms with E-state index in [0.717, 1.165) is 0 Å². The molecule has 0 aliphatic heterocycles. The highest BCUT2D eigenvalue weighted by atomic mass is 35.5. The summed E-state index contributed by atoms with van der Waals surface area (Å²) in [5.41, 5.74) is 0.393. The molecule has 5 nitrogen and oxygen atoms in total. The van der Waals surface area contributed by atoms with E-state index in [4.69, 9.17) is 21.4 Å². The van der Waals surface area contributed by atoms with Crippen LogP contribution in [-0.4, -0.2) is 28.0 Å². The molecule has 0 saturated heterocycles. The van der Waals surface area contributed by atoms with Crippen LogP contribution >= 0.6 is 11.6 Å². The molecule has 1 heterocycles. The van der Waals surface area contributed by atoms with Gasteiger partial charge in [0.2, 0.25) is 0 Å². The molecular formula is C10H15ClN2O3. The van der Waals surface area contributed by atoms with Crippen molar-refractivity contribution in [3.63, 3.8) is 0 Å². The smallest absolute Gasteiger partial charge is 0.340 e. The standard InChI is InChI=1S/C10H15ClN2O3/c1-6(2)4-13-9(11)8(10(14)15)7(12-13)5-16-3/h6H,4-5H2,1-3H3,(H,14,15). The molecule has 1 aromatic heterocycles. The highest BCUT2D eigenvalue weighted by Gasteiger charge is 2.22.